The van der Waals surface area contributed by atoms with Crippen molar-refractivity contribution in [2.45, 2.75) is 31.7 Å². The second-order valence-corrected chi connectivity index (χ2v) is 10.2. The number of fused-ring (bicyclic) bond motifs is 1. The fourth-order valence-electron chi connectivity index (χ4n) is 5.45. The number of nitrogens with zero attached hydrogens (tertiary/aromatic N) is 3. The minimum atomic E-state index is -0.268. The third kappa shape index (κ3) is 6.46. The quantitative estimate of drug-likeness (QED) is 0.231. The summed E-state index contributed by atoms with van der Waals surface area (Å²) in [5.41, 5.74) is 1.73. The molecule has 0 aliphatic carbocycles. The number of rotatable bonds is 11. The molecule has 1 fully saturated rings. The van der Waals surface area contributed by atoms with Crippen LogP contribution in [-0.2, 0) is 6.42 Å². The van der Waals surface area contributed by atoms with Gasteiger partial charge in [-0.25, -0.2) is 9.07 Å². The Morgan fingerprint density at radius 2 is 1.56 bits per heavy atom. The molecule has 2 heterocycles. The van der Waals surface area contributed by atoms with Crippen molar-refractivity contribution >= 4 is 10.8 Å². The average Bonchev–Trinajstić information content (AvgIpc) is 3.01. The molecule has 0 saturated carbocycles. The summed E-state index contributed by atoms with van der Waals surface area (Å²) in [6, 6.07) is 17.7. The van der Waals surface area contributed by atoms with Gasteiger partial charge in [-0.1, -0.05) is 30.3 Å². The standard InChI is InChI=1S/C32H36FN3O5/c1-38-29-20-25(21-30(39-2)31(29)40-3)41-18-6-15-35-16-13-24(14-17-35)36-32(37)27-8-5-4-7-26(27)28(34-36)19-22-9-11-23(33)12-10-22/h4-5,7-12,20-21,24H,6,13-19H2,1-3H3. The van der Waals surface area contributed by atoms with E-state index in [0.717, 1.165) is 55.5 Å². The molecule has 0 bridgehead atoms. The summed E-state index contributed by atoms with van der Waals surface area (Å²) >= 11 is 0. The fourth-order valence-corrected chi connectivity index (χ4v) is 5.45. The minimum absolute atomic E-state index is 0.0332. The molecule has 0 N–H and O–H groups in total. The van der Waals surface area contributed by atoms with E-state index in [1.54, 1.807) is 50.3 Å². The van der Waals surface area contributed by atoms with E-state index < -0.39 is 0 Å². The fraction of sp³-hybridized carbons (Fsp3) is 0.375. The smallest absolute Gasteiger partial charge is 0.274 e. The molecule has 1 saturated heterocycles. The first-order valence-corrected chi connectivity index (χ1v) is 13.9. The van der Waals surface area contributed by atoms with Crippen LogP contribution in [0.3, 0.4) is 0 Å². The van der Waals surface area contributed by atoms with Crippen LogP contribution in [-0.4, -0.2) is 62.3 Å². The molecule has 0 amide bonds. The molecule has 41 heavy (non-hydrogen) atoms. The average molecular weight is 562 g/mol. The number of ether oxygens (including phenoxy) is 4. The van der Waals surface area contributed by atoms with Crippen LogP contribution in [0.1, 0.15) is 36.6 Å². The first-order chi connectivity index (χ1) is 20.0. The van der Waals surface area contributed by atoms with Gasteiger partial charge < -0.3 is 23.8 Å². The SMILES string of the molecule is COc1cc(OCCCN2CCC(n3nc(Cc4ccc(F)cc4)c4ccccc4c3=O)CC2)cc(OC)c1OC. The van der Waals surface area contributed by atoms with Gasteiger partial charge >= 0.3 is 0 Å². The largest absolute Gasteiger partial charge is 0.493 e. The Morgan fingerprint density at radius 3 is 2.20 bits per heavy atom. The molecular weight excluding hydrogens is 525 g/mol. The second kappa shape index (κ2) is 13.0. The molecule has 1 aliphatic rings. The number of piperidine rings is 1. The Labute approximate surface area is 239 Å². The van der Waals surface area contributed by atoms with Crippen LogP contribution in [0.4, 0.5) is 4.39 Å². The van der Waals surface area contributed by atoms with Crippen molar-refractivity contribution in [3.8, 4) is 23.0 Å². The monoisotopic (exact) mass is 561 g/mol. The van der Waals surface area contributed by atoms with Gasteiger partial charge in [-0.15, -0.1) is 0 Å². The number of halogens is 1. The lowest BCUT2D eigenvalue weighted by molar-refractivity contribution is 0.165. The van der Waals surface area contributed by atoms with Crippen LogP contribution in [0.15, 0.2) is 65.5 Å². The van der Waals surface area contributed by atoms with E-state index >= 15 is 0 Å². The van der Waals surface area contributed by atoms with Gasteiger partial charge in [0.05, 0.1) is 45.1 Å². The molecule has 4 aromatic rings. The maximum atomic E-state index is 13.4. The molecular formula is C32H36FN3O5. The van der Waals surface area contributed by atoms with Crippen LogP contribution in [0.2, 0.25) is 0 Å². The van der Waals surface area contributed by atoms with Gasteiger partial charge in [0.15, 0.2) is 11.5 Å². The Kier molecular flexibility index (Phi) is 9.04. The summed E-state index contributed by atoms with van der Waals surface area (Å²) in [4.78, 5) is 15.8. The van der Waals surface area contributed by atoms with Gasteiger partial charge in [-0.05, 0) is 43.0 Å². The maximum absolute atomic E-state index is 13.4. The molecule has 1 aromatic heterocycles. The molecule has 3 aromatic carbocycles. The zero-order valence-corrected chi connectivity index (χ0v) is 23.8. The molecule has 1 aliphatic heterocycles. The highest BCUT2D eigenvalue weighted by atomic mass is 19.1. The van der Waals surface area contributed by atoms with Gasteiger partial charge in [0.25, 0.3) is 5.56 Å². The minimum Gasteiger partial charge on any atom is -0.493 e. The predicted molar refractivity (Wildman–Crippen MR) is 156 cm³/mol. The third-order valence-corrected chi connectivity index (χ3v) is 7.62. The third-order valence-electron chi connectivity index (χ3n) is 7.62. The van der Waals surface area contributed by atoms with Crippen molar-refractivity contribution in [1.82, 2.24) is 14.7 Å². The molecule has 8 nitrogen and oxygen atoms in total. The topological polar surface area (TPSA) is 75.1 Å². The first-order valence-electron chi connectivity index (χ1n) is 13.9. The van der Waals surface area contributed by atoms with E-state index in [4.69, 9.17) is 24.0 Å². The van der Waals surface area contributed by atoms with Crippen LogP contribution in [0, 0.1) is 5.82 Å². The van der Waals surface area contributed by atoms with Crippen molar-refractivity contribution in [2.75, 3.05) is 47.6 Å². The summed E-state index contributed by atoms with van der Waals surface area (Å²) < 4.78 is 37.3. The molecule has 0 unspecified atom stereocenters. The number of hydrogen-bond acceptors (Lipinski definition) is 7. The van der Waals surface area contributed by atoms with Crippen LogP contribution >= 0.6 is 0 Å². The van der Waals surface area contributed by atoms with E-state index in [0.29, 0.717) is 41.4 Å². The van der Waals surface area contributed by atoms with E-state index in [1.807, 2.05) is 24.3 Å². The zero-order valence-electron chi connectivity index (χ0n) is 23.8. The zero-order chi connectivity index (χ0) is 28.8. The Balaban J connectivity index is 1.20. The number of methoxy groups -OCH3 is 3. The molecule has 0 atom stereocenters. The van der Waals surface area contributed by atoms with Gasteiger partial charge in [0.1, 0.15) is 11.6 Å². The molecule has 0 radical (unpaired) electrons. The molecule has 0 spiro atoms. The highest BCUT2D eigenvalue weighted by Crippen LogP contribution is 2.40. The van der Waals surface area contributed by atoms with Gasteiger partial charge in [-0.3, -0.25) is 4.79 Å². The highest BCUT2D eigenvalue weighted by Gasteiger charge is 2.24. The number of benzene rings is 3. The number of likely N-dealkylation sites (tertiary alicyclic amines) is 1. The van der Waals surface area contributed by atoms with Gasteiger partial charge in [0, 0.05) is 43.6 Å². The lowest BCUT2D eigenvalue weighted by Gasteiger charge is -2.32. The second-order valence-electron chi connectivity index (χ2n) is 10.2. The lowest BCUT2D eigenvalue weighted by atomic mass is 10.0. The van der Waals surface area contributed by atoms with Gasteiger partial charge in [0.2, 0.25) is 5.75 Å². The summed E-state index contributed by atoms with van der Waals surface area (Å²) in [5.74, 6) is 2.05. The normalized spacial score (nSPS) is 14.2. The van der Waals surface area contributed by atoms with E-state index in [9.17, 15) is 9.18 Å². The van der Waals surface area contributed by atoms with E-state index in [-0.39, 0.29) is 17.4 Å². The summed E-state index contributed by atoms with van der Waals surface area (Å²) in [6.07, 6.45) is 3.08. The van der Waals surface area contributed by atoms with Crippen molar-refractivity contribution < 1.29 is 23.3 Å². The predicted octanol–water partition coefficient (Wildman–Crippen LogP) is 5.26. The van der Waals surface area contributed by atoms with Crippen molar-refractivity contribution in [1.29, 1.82) is 0 Å². The summed E-state index contributed by atoms with van der Waals surface area (Å²) in [6.45, 7) is 3.20. The number of hydrogen-bond donors (Lipinski definition) is 0. The van der Waals surface area contributed by atoms with Crippen molar-refractivity contribution in [3.05, 3.63) is 88.1 Å². The molecule has 9 heteroatoms. The van der Waals surface area contributed by atoms with E-state index in [1.165, 1.54) is 12.1 Å². The molecule has 5 rings (SSSR count). The lowest BCUT2D eigenvalue weighted by Crippen LogP contribution is -2.39. The molecule has 216 valence electrons. The summed E-state index contributed by atoms with van der Waals surface area (Å²) in [5, 5.41) is 6.38. The van der Waals surface area contributed by atoms with Gasteiger partial charge in [-0.2, -0.15) is 5.10 Å². The van der Waals surface area contributed by atoms with Crippen LogP contribution in [0.25, 0.3) is 10.8 Å². The summed E-state index contributed by atoms with van der Waals surface area (Å²) in [7, 11) is 4.74. The Bertz CT molecular complexity index is 1510. The van der Waals surface area contributed by atoms with Crippen LogP contribution in [0.5, 0.6) is 23.0 Å². The first kappa shape index (κ1) is 28.4. The Morgan fingerprint density at radius 1 is 0.902 bits per heavy atom. The van der Waals surface area contributed by atoms with Crippen molar-refractivity contribution in [2.24, 2.45) is 0 Å². The van der Waals surface area contributed by atoms with Crippen molar-refractivity contribution in [3.63, 3.8) is 0 Å². The maximum Gasteiger partial charge on any atom is 0.274 e. The van der Waals surface area contributed by atoms with Crippen LogP contribution < -0.4 is 24.5 Å². The van der Waals surface area contributed by atoms with E-state index in [2.05, 4.69) is 4.90 Å². The Hall–Kier alpha value is -4.11. The number of aromatic nitrogens is 2. The highest BCUT2D eigenvalue weighted by molar-refractivity contribution is 5.83.